The van der Waals surface area contributed by atoms with E-state index >= 15 is 0 Å². The standard InChI is InChI=1S/C7H12O3/c8-5-2-1-4-3-6(5)10-7(4)9/h4-9H,1-3H2/t4-,5?,6-,7?/m0/s1. The number of aliphatic hydroxyl groups is 2. The molecular formula is C7H12O3. The van der Waals surface area contributed by atoms with Gasteiger partial charge in [-0.2, -0.15) is 0 Å². The van der Waals surface area contributed by atoms with E-state index in [0.717, 1.165) is 19.3 Å². The molecule has 0 aromatic carbocycles. The molecule has 58 valence electrons. The van der Waals surface area contributed by atoms with Gasteiger partial charge in [0.2, 0.25) is 0 Å². The van der Waals surface area contributed by atoms with Crippen molar-refractivity contribution < 1.29 is 14.9 Å². The highest BCUT2D eigenvalue weighted by Crippen LogP contribution is 2.36. The summed E-state index contributed by atoms with van der Waals surface area (Å²) in [7, 11) is 0. The van der Waals surface area contributed by atoms with E-state index in [4.69, 9.17) is 4.74 Å². The van der Waals surface area contributed by atoms with Crippen LogP contribution in [-0.4, -0.2) is 28.7 Å². The predicted octanol–water partition coefficient (Wildman–Crippen LogP) is -0.135. The molecule has 10 heavy (non-hydrogen) atoms. The summed E-state index contributed by atoms with van der Waals surface area (Å²) in [5.74, 6) is 0.286. The van der Waals surface area contributed by atoms with Crippen LogP contribution in [0.4, 0.5) is 0 Å². The van der Waals surface area contributed by atoms with Gasteiger partial charge in [0.15, 0.2) is 6.29 Å². The van der Waals surface area contributed by atoms with Crippen LogP contribution in [0.15, 0.2) is 0 Å². The Morgan fingerprint density at radius 2 is 2.00 bits per heavy atom. The van der Waals surface area contributed by atoms with Crippen molar-refractivity contribution in [1.29, 1.82) is 0 Å². The van der Waals surface area contributed by atoms with Crippen molar-refractivity contribution in [3.8, 4) is 0 Å². The molecule has 0 aromatic heterocycles. The lowest BCUT2D eigenvalue weighted by molar-refractivity contribution is -0.120. The first-order valence-corrected chi connectivity index (χ1v) is 3.79. The molecule has 0 aromatic rings. The molecule has 0 radical (unpaired) electrons. The molecule has 2 aliphatic rings. The van der Waals surface area contributed by atoms with Crippen LogP contribution < -0.4 is 0 Å². The van der Waals surface area contributed by atoms with Gasteiger partial charge in [-0.15, -0.1) is 0 Å². The van der Waals surface area contributed by atoms with Crippen LogP contribution >= 0.6 is 0 Å². The lowest BCUT2D eigenvalue weighted by Gasteiger charge is -2.21. The SMILES string of the molecule is OC1O[C@H]2C[C@@H]1CCC2O. The molecule has 1 aliphatic carbocycles. The van der Waals surface area contributed by atoms with Crippen molar-refractivity contribution in [1.82, 2.24) is 0 Å². The van der Waals surface area contributed by atoms with Gasteiger partial charge in [0, 0.05) is 5.92 Å². The largest absolute Gasteiger partial charge is 0.390 e. The maximum Gasteiger partial charge on any atom is 0.157 e. The first kappa shape index (κ1) is 6.58. The Morgan fingerprint density at radius 1 is 1.20 bits per heavy atom. The summed E-state index contributed by atoms with van der Waals surface area (Å²) in [4.78, 5) is 0. The van der Waals surface area contributed by atoms with Crippen LogP contribution in [0.3, 0.4) is 0 Å². The zero-order valence-corrected chi connectivity index (χ0v) is 5.73. The van der Waals surface area contributed by atoms with Crippen molar-refractivity contribution in [2.45, 2.75) is 37.8 Å². The third-order valence-electron chi connectivity index (χ3n) is 2.51. The first-order valence-electron chi connectivity index (χ1n) is 3.79. The number of ether oxygens (including phenoxy) is 1. The lowest BCUT2D eigenvalue weighted by atomic mass is 9.88. The minimum Gasteiger partial charge on any atom is -0.390 e. The van der Waals surface area contributed by atoms with Crippen molar-refractivity contribution in [2.24, 2.45) is 5.92 Å². The lowest BCUT2D eigenvalue weighted by Crippen LogP contribution is -2.28. The smallest absolute Gasteiger partial charge is 0.157 e. The highest BCUT2D eigenvalue weighted by molar-refractivity contribution is 4.87. The maximum atomic E-state index is 9.28. The Morgan fingerprint density at radius 3 is 2.70 bits per heavy atom. The molecule has 4 atom stereocenters. The van der Waals surface area contributed by atoms with Crippen LogP contribution in [0.25, 0.3) is 0 Å². The van der Waals surface area contributed by atoms with E-state index in [1.165, 1.54) is 0 Å². The molecule has 2 unspecified atom stereocenters. The fraction of sp³-hybridized carbons (Fsp3) is 1.00. The summed E-state index contributed by atoms with van der Waals surface area (Å²) in [6.07, 6.45) is 1.48. The fourth-order valence-electron chi connectivity index (χ4n) is 1.84. The summed E-state index contributed by atoms with van der Waals surface area (Å²) in [6, 6.07) is 0. The topological polar surface area (TPSA) is 49.7 Å². The zero-order chi connectivity index (χ0) is 7.14. The summed E-state index contributed by atoms with van der Waals surface area (Å²) in [6.45, 7) is 0. The third kappa shape index (κ3) is 0.856. The van der Waals surface area contributed by atoms with Gasteiger partial charge in [0.05, 0.1) is 12.2 Å². The molecule has 2 fully saturated rings. The molecule has 1 heterocycles. The van der Waals surface area contributed by atoms with E-state index in [-0.39, 0.29) is 18.1 Å². The summed E-state index contributed by atoms with van der Waals surface area (Å²) >= 11 is 0. The molecule has 2 rings (SSSR count). The molecule has 1 saturated carbocycles. The second kappa shape index (κ2) is 2.19. The Kier molecular flexibility index (Phi) is 1.44. The molecule has 1 saturated heterocycles. The molecule has 2 N–H and O–H groups in total. The Hall–Kier alpha value is -0.120. The highest BCUT2D eigenvalue weighted by Gasteiger charge is 2.41. The predicted molar refractivity (Wildman–Crippen MR) is 34.2 cm³/mol. The number of rotatable bonds is 0. The van der Waals surface area contributed by atoms with Gasteiger partial charge in [0.1, 0.15) is 0 Å². The Bertz CT molecular complexity index is 135. The number of hydrogen-bond acceptors (Lipinski definition) is 3. The van der Waals surface area contributed by atoms with E-state index in [1.54, 1.807) is 0 Å². The second-order valence-electron chi connectivity index (χ2n) is 3.21. The van der Waals surface area contributed by atoms with Gasteiger partial charge in [-0.05, 0) is 19.3 Å². The van der Waals surface area contributed by atoms with Gasteiger partial charge in [0.25, 0.3) is 0 Å². The van der Waals surface area contributed by atoms with Gasteiger partial charge < -0.3 is 14.9 Å². The molecule has 2 bridgehead atoms. The summed E-state index contributed by atoms with van der Waals surface area (Å²) in [5, 5.41) is 18.5. The second-order valence-corrected chi connectivity index (χ2v) is 3.21. The summed E-state index contributed by atoms with van der Waals surface area (Å²) in [5.41, 5.74) is 0. The summed E-state index contributed by atoms with van der Waals surface area (Å²) < 4.78 is 5.10. The zero-order valence-electron chi connectivity index (χ0n) is 5.73. The molecule has 0 amide bonds. The van der Waals surface area contributed by atoms with Crippen molar-refractivity contribution >= 4 is 0 Å². The number of aliphatic hydroxyl groups excluding tert-OH is 2. The van der Waals surface area contributed by atoms with E-state index in [1.807, 2.05) is 0 Å². The van der Waals surface area contributed by atoms with Crippen LogP contribution in [0.1, 0.15) is 19.3 Å². The quantitative estimate of drug-likeness (QED) is 0.497. The van der Waals surface area contributed by atoms with Crippen molar-refractivity contribution in [3.63, 3.8) is 0 Å². The van der Waals surface area contributed by atoms with Gasteiger partial charge >= 0.3 is 0 Å². The molecular weight excluding hydrogens is 132 g/mol. The average molecular weight is 144 g/mol. The highest BCUT2D eigenvalue weighted by atomic mass is 16.6. The van der Waals surface area contributed by atoms with Crippen LogP contribution in [0.2, 0.25) is 0 Å². The third-order valence-corrected chi connectivity index (χ3v) is 2.51. The normalized spacial score (nSPS) is 53.4. The first-order chi connectivity index (χ1) is 4.77. The van der Waals surface area contributed by atoms with Crippen molar-refractivity contribution in [3.05, 3.63) is 0 Å². The van der Waals surface area contributed by atoms with E-state index < -0.39 is 6.29 Å². The van der Waals surface area contributed by atoms with Gasteiger partial charge in [-0.25, -0.2) is 0 Å². The molecule has 3 nitrogen and oxygen atoms in total. The molecule has 3 heteroatoms. The average Bonchev–Trinajstić information content (AvgIpc) is 2.21. The Labute approximate surface area is 59.6 Å². The van der Waals surface area contributed by atoms with E-state index in [0.29, 0.717) is 0 Å². The fourth-order valence-corrected chi connectivity index (χ4v) is 1.84. The molecule has 0 spiro atoms. The minimum absolute atomic E-state index is 0.0891. The van der Waals surface area contributed by atoms with Crippen LogP contribution in [0.5, 0.6) is 0 Å². The van der Waals surface area contributed by atoms with Crippen molar-refractivity contribution in [2.75, 3.05) is 0 Å². The monoisotopic (exact) mass is 144 g/mol. The van der Waals surface area contributed by atoms with E-state index in [9.17, 15) is 10.2 Å². The van der Waals surface area contributed by atoms with Gasteiger partial charge in [-0.3, -0.25) is 0 Å². The van der Waals surface area contributed by atoms with E-state index in [2.05, 4.69) is 0 Å². The van der Waals surface area contributed by atoms with Crippen LogP contribution in [-0.2, 0) is 4.74 Å². The maximum absolute atomic E-state index is 9.28. The number of hydrogen-bond donors (Lipinski definition) is 2. The van der Waals surface area contributed by atoms with Gasteiger partial charge in [-0.1, -0.05) is 0 Å². The molecule has 1 aliphatic heterocycles. The van der Waals surface area contributed by atoms with Crippen LogP contribution in [0, 0.1) is 5.92 Å². The number of fused-ring (bicyclic) bond motifs is 2. The Balaban J connectivity index is 2.08. The minimum atomic E-state index is -0.609.